The fourth-order valence-electron chi connectivity index (χ4n) is 4.66. The molecule has 1 aliphatic heterocycles. The first-order chi connectivity index (χ1) is 16.6. The normalized spacial score (nSPS) is 15.5. The number of nitrogens with zero attached hydrogens (tertiary/aromatic N) is 1. The van der Waals surface area contributed by atoms with E-state index in [4.69, 9.17) is 14.2 Å². The van der Waals surface area contributed by atoms with Crippen LogP contribution < -0.4 is 14.2 Å². The van der Waals surface area contributed by atoms with Crippen LogP contribution in [0, 0.1) is 5.92 Å². The van der Waals surface area contributed by atoms with Crippen molar-refractivity contribution in [2.45, 2.75) is 25.5 Å². The van der Waals surface area contributed by atoms with Gasteiger partial charge in [0.2, 0.25) is 0 Å². The Morgan fingerprint density at radius 3 is 2.09 bits per heavy atom. The summed E-state index contributed by atoms with van der Waals surface area (Å²) in [6.45, 7) is 1.75. The third-order valence-corrected chi connectivity index (χ3v) is 6.43. The van der Waals surface area contributed by atoms with Crippen LogP contribution in [0.5, 0.6) is 17.2 Å². The highest BCUT2D eigenvalue weighted by molar-refractivity contribution is 5.70. The topological polar surface area (TPSA) is 68.2 Å². The standard InChI is InChI=1S/C28H31NO5/c1-32-24-13-8-14-25(33-2)26(24)27(29-17-15-21(16-18-29)28(30)31)22-11-6-7-12-23(22)34-19-20-9-4-3-5-10-20/h3-14,21,27H,15-19H2,1-2H3,(H,30,31). The molecule has 6 heteroatoms. The van der Waals surface area contributed by atoms with E-state index in [0.29, 0.717) is 32.5 Å². The van der Waals surface area contributed by atoms with Crippen molar-refractivity contribution in [3.8, 4) is 17.2 Å². The number of aliphatic carboxylic acids is 1. The van der Waals surface area contributed by atoms with Crippen LogP contribution in [0.3, 0.4) is 0 Å². The van der Waals surface area contributed by atoms with Gasteiger partial charge in [-0.2, -0.15) is 0 Å². The molecule has 0 radical (unpaired) electrons. The second kappa shape index (κ2) is 11.1. The van der Waals surface area contributed by atoms with Gasteiger partial charge in [0, 0.05) is 5.56 Å². The maximum Gasteiger partial charge on any atom is 0.306 e. The third-order valence-electron chi connectivity index (χ3n) is 6.43. The molecule has 34 heavy (non-hydrogen) atoms. The molecule has 0 spiro atoms. The summed E-state index contributed by atoms with van der Waals surface area (Å²) in [6.07, 6.45) is 1.19. The molecule has 178 valence electrons. The highest BCUT2D eigenvalue weighted by Crippen LogP contribution is 2.44. The number of likely N-dealkylation sites (tertiary alicyclic amines) is 1. The minimum absolute atomic E-state index is 0.215. The molecule has 0 bridgehead atoms. The molecule has 1 heterocycles. The number of rotatable bonds is 9. The van der Waals surface area contributed by atoms with Gasteiger partial charge in [-0.1, -0.05) is 54.6 Å². The van der Waals surface area contributed by atoms with Gasteiger partial charge in [-0.15, -0.1) is 0 Å². The average molecular weight is 462 g/mol. The van der Waals surface area contributed by atoms with E-state index in [1.54, 1.807) is 14.2 Å². The van der Waals surface area contributed by atoms with Gasteiger partial charge in [0.15, 0.2) is 0 Å². The molecule has 3 aromatic carbocycles. The fourth-order valence-corrected chi connectivity index (χ4v) is 4.66. The van der Waals surface area contributed by atoms with Crippen LogP contribution >= 0.6 is 0 Å². The minimum atomic E-state index is -0.724. The lowest BCUT2D eigenvalue weighted by molar-refractivity contribution is -0.143. The van der Waals surface area contributed by atoms with E-state index >= 15 is 0 Å². The predicted octanol–water partition coefficient (Wildman–Crippen LogP) is 5.17. The zero-order valence-electron chi connectivity index (χ0n) is 19.6. The van der Waals surface area contributed by atoms with Gasteiger partial charge in [0.1, 0.15) is 23.9 Å². The summed E-state index contributed by atoms with van der Waals surface area (Å²) >= 11 is 0. The second-order valence-electron chi connectivity index (χ2n) is 8.44. The number of benzene rings is 3. The van der Waals surface area contributed by atoms with Crippen molar-refractivity contribution in [3.05, 3.63) is 89.5 Å². The summed E-state index contributed by atoms with van der Waals surface area (Å²) in [7, 11) is 3.31. The second-order valence-corrected chi connectivity index (χ2v) is 8.44. The molecule has 1 aliphatic rings. The molecule has 0 aliphatic carbocycles. The molecule has 3 aromatic rings. The summed E-state index contributed by atoms with van der Waals surface area (Å²) in [5.74, 6) is 1.19. The maximum atomic E-state index is 11.6. The Kier molecular flexibility index (Phi) is 7.70. The lowest BCUT2D eigenvalue weighted by Crippen LogP contribution is -2.39. The first-order valence-electron chi connectivity index (χ1n) is 11.6. The molecule has 1 unspecified atom stereocenters. The number of hydrogen-bond acceptors (Lipinski definition) is 5. The highest BCUT2D eigenvalue weighted by Gasteiger charge is 2.34. The Hall–Kier alpha value is -3.51. The summed E-state index contributed by atoms with van der Waals surface area (Å²) in [6, 6.07) is 23.7. The van der Waals surface area contributed by atoms with Crippen LogP contribution in [0.1, 0.15) is 35.6 Å². The van der Waals surface area contributed by atoms with E-state index in [1.807, 2.05) is 66.7 Å². The van der Waals surface area contributed by atoms with Crippen molar-refractivity contribution < 1.29 is 24.1 Å². The van der Waals surface area contributed by atoms with E-state index in [9.17, 15) is 9.90 Å². The zero-order chi connectivity index (χ0) is 23.9. The zero-order valence-corrected chi connectivity index (χ0v) is 19.6. The van der Waals surface area contributed by atoms with Crippen LogP contribution in [0.25, 0.3) is 0 Å². The largest absolute Gasteiger partial charge is 0.496 e. The molecule has 0 amide bonds. The molecular weight excluding hydrogens is 430 g/mol. The van der Waals surface area contributed by atoms with Crippen LogP contribution in [0.4, 0.5) is 0 Å². The number of carbonyl (C=O) groups is 1. The molecule has 0 aromatic heterocycles. The number of piperidine rings is 1. The molecule has 1 fully saturated rings. The van der Waals surface area contributed by atoms with E-state index in [1.165, 1.54) is 0 Å². The van der Waals surface area contributed by atoms with Crippen molar-refractivity contribution in [1.82, 2.24) is 4.90 Å². The Bertz CT molecular complexity index is 1070. The van der Waals surface area contributed by atoms with Crippen molar-refractivity contribution in [2.75, 3.05) is 27.3 Å². The van der Waals surface area contributed by atoms with Crippen molar-refractivity contribution in [3.63, 3.8) is 0 Å². The Morgan fingerprint density at radius 2 is 1.47 bits per heavy atom. The quantitative estimate of drug-likeness (QED) is 0.474. The van der Waals surface area contributed by atoms with Crippen molar-refractivity contribution in [1.29, 1.82) is 0 Å². The molecule has 1 saturated heterocycles. The third kappa shape index (κ3) is 5.18. The molecule has 1 atom stereocenters. The number of ether oxygens (including phenoxy) is 3. The number of hydrogen-bond donors (Lipinski definition) is 1. The lowest BCUT2D eigenvalue weighted by atomic mass is 9.90. The fraction of sp³-hybridized carbons (Fsp3) is 0.321. The number of carboxylic acid groups (broad SMARTS) is 1. The Labute approximate surface area is 200 Å². The van der Waals surface area contributed by atoms with E-state index in [0.717, 1.165) is 33.9 Å². The van der Waals surface area contributed by atoms with E-state index in [-0.39, 0.29) is 12.0 Å². The Balaban J connectivity index is 1.75. The summed E-state index contributed by atoms with van der Waals surface area (Å²) < 4.78 is 17.9. The first-order valence-corrected chi connectivity index (χ1v) is 11.6. The lowest BCUT2D eigenvalue weighted by Gasteiger charge is -2.38. The maximum absolute atomic E-state index is 11.6. The molecule has 1 N–H and O–H groups in total. The Morgan fingerprint density at radius 1 is 0.882 bits per heavy atom. The molecule has 0 saturated carbocycles. The van der Waals surface area contributed by atoms with Gasteiger partial charge in [-0.3, -0.25) is 9.69 Å². The summed E-state index contributed by atoms with van der Waals surface area (Å²) in [5.41, 5.74) is 3.00. The van der Waals surface area contributed by atoms with Gasteiger partial charge in [0.05, 0.1) is 31.7 Å². The molecule has 4 rings (SSSR count). The monoisotopic (exact) mass is 461 g/mol. The average Bonchev–Trinajstić information content (AvgIpc) is 2.89. The van der Waals surface area contributed by atoms with Crippen molar-refractivity contribution >= 4 is 5.97 Å². The first kappa shape index (κ1) is 23.6. The smallest absolute Gasteiger partial charge is 0.306 e. The molecular formula is C28H31NO5. The summed E-state index contributed by atoms with van der Waals surface area (Å²) in [5, 5.41) is 9.51. The predicted molar refractivity (Wildman–Crippen MR) is 131 cm³/mol. The molecule has 6 nitrogen and oxygen atoms in total. The van der Waals surface area contributed by atoms with E-state index in [2.05, 4.69) is 11.0 Å². The van der Waals surface area contributed by atoms with Gasteiger partial charge in [-0.25, -0.2) is 0 Å². The van der Waals surface area contributed by atoms with Crippen molar-refractivity contribution in [2.24, 2.45) is 5.92 Å². The summed E-state index contributed by atoms with van der Waals surface area (Å²) in [4.78, 5) is 13.9. The van der Waals surface area contributed by atoms with Crippen LogP contribution in [0.15, 0.2) is 72.8 Å². The van der Waals surface area contributed by atoms with Crippen LogP contribution in [-0.4, -0.2) is 43.3 Å². The van der Waals surface area contributed by atoms with E-state index < -0.39 is 5.97 Å². The number of carboxylic acids is 1. The van der Waals surface area contributed by atoms with Gasteiger partial charge >= 0.3 is 5.97 Å². The SMILES string of the molecule is COc1cccc(OC)c1C(c1ccccc1OCc1ccccc1)N1CCC(C(=O)O)CC1. The van der Waals surface area contributed by atoms with Crippen LogP contribution in [-0.2, 0) is 11.4 Å². The van der Waals surface area contributed by atoms with Crippen LogP contribution in [0.2, 0.25) is 0 Å². The number of methoxy groups -OCH3 is 2. The minimum Gasteiger partial charge on any atom is -0.496 e. The van der Waals surface area contributed by atoms with Gasteiger partial charge in [-0.05, 0) is 49.7 Å². The van der Waals surface area contributed by atoms with Gasteiger partial charge in [0.25, 0.3) is 0 Å². The van der Waals surface area contributed by atoms with Gasteiger partial charge < -0.3 is 19.3 Å². The highest BCUT2D eigenvalue weighted by atomic mass is 16.5. The number of para-hydroxylation sites is 1.